The number of tetrazole rings is 1. The molecule has 0 saturated carbocycles. The molecule has 1 unspecified atom stereocenters. The van der Waals surface area contributed by atoms with Gasteiger partial charge in [-0.3, -0.25) is 0 Å². The lowest BCUT2D eigenvalue weighted by molar-refractivity contribution is 0.0470. The fraction of sp³-hybridized carbons (Fsp3) is 0.462. The number of nitrogens with zero attached hydrogens (tertiary/aromatic N) is 4. The maximum Gasteiger partial charge on any atom is 0.184 e. The van der Waals surface area contributed by atoms with Crippen molar-refractivity contribution in [1.29, 1.82) is 0 Å². The van der Waals surface area contributed by atoms with Crippen LogP contribution >= 0.6 is 0 Å². The number of nitrogens with two attached hydrogens (primary N) is 2. The second-order valence-electron chi connectivity index (χ2n) is 5.11. The van der Waals surface area contributed by atoms with E-state index in [-0.39, 0.29) is 0 Å². The van der Waals surface area contributed by atoms with Crippen LogP contribution in [-0.2, 0) is 11.3 Å². The van der Waals surface area contributed by atoms with Gasteiger partial charge in [0.2, 0.25) is 0 Å². The van der Waals surface area contributed by atoms with Crippen molar-refractivity contribution in [3.8, 4) is 11.4 Å². The van der Waals surface area contributed by atoms with E-state index in [1.165, 1.54) is 0 Å². The van der Waals surface area contributed by atoms with E-state index in [9.17, 15) is 0 Å². The standard InChI is InChI=1S/C13H18N6O/c14-10-3-4-11(12(15)6-10)13-16-17-18-19(13)7-9-2-1-5-20-8-9/h3-4,6,9H,1-2,5,7-8,14-15H2. The molecule has 7 nitrogen and oxygen atoms in total. The molecule has 1 fully saturated rings. The van der Waals surface area contributed by atoms with Crippen molar-refractivity contribution in [1.82, 2.24) is 20.2 Å². The van der Waals surface area contributed by atoms with Crippen molar-refractivity contribution >= 4 is 11.4 Å². The Morgan fingerprint density at radius 1 is 1.35 bits per heavy atom. The van der Waals surface area contributed by atoms with Crippen molar-refractivity contribution in [2.45, 2.75) is 19.4 Å². The first-order chi connectivity index (χ1) is 9.74. The van der Waals surface area contributed by atoms with Gasteiger partial charge in [-0.15, -0.1) is 5.10 Å². The van der Waals surface area contributed by atoms with E-state index in [2.05, 4.69) is 15.5 Å². The molecule has 2 aromatic rings. The van der Waals surface area contributed by atoms with Crippen molar-refractivity contribution in [3.63, 3.8) is 0 Å². The van der Waals surface area contributed by atoms with E-state index >= 15 is 0 Å². The van der Waals surface area contributed by atoms with Crippen LogP contribution in [-0.4, -0.2) is 33.4 Å². The van der Waals surface area contributed by atoms with Gasteiger partial charge in [0.1, 0.15) is 0 Å². The number of ether oxygens (including phenoxy) is 1. The fourth-order valence-corrected chi connectivity index (χ4v) is 2.50. The van der Waals surface area contributed by atoms with Crippen molar-refractivity contribution in [2.24, 2.45) is 5.92 Å². The highest BCUT2D eigenvalue weighted by molar-refractivity contribution is 5.74. The Hall–Kier alpha value is -2.15. The third-order valence-corrected chi connectivity index (χ3v) is 3.53. The molecule has 0 spiro atoms. The van der Waals surface area contributed by atoms with E-state index in [1.54, 1.807) is 16.8 Å². The van der Waals surface area contributed by atoms with E-state index in [1.807, 2.05) is 6.07 Å². The van der Waals surface area contributed by atoms with Crippen molar-refractivity contribution < 1.29 is 4.74 Å². The summed E-state index contributed by atoms with van der Waals surface area (Å²) >= 11 is 0. The Kier molecular flexibility index (Phi) is 3.51. The Balaban J connectivity index is 1.85. The van der Waals surface area contributed by atoms with Gasteiger partial charge >= 0.3 is 0 Å². The number of anilines is 2. The van der Waals surface area contributed by atoms with Crippen molar-refractivity contribution in [2.75, 3.05) is 24.7 Å². The van der Waals surface area contributed by atoms with Crippen LogP contribution in [0.3, 0.4) is 0 Å². The number of aromatic nitrogens is 4. The van der Waals surface area contributed by atoms with Crippen LogP contribution in [0.4, 0.5) is 11.4 Å². The van der Waals surface area contributed by atoms with Gasteiger partial charge in [0.05, 0.1) is 13.2 Å². The van der Waals surface area contributed by atoms with Gasteiger partial charge in [-0.1, -0.05) is 0 Å². The molecule has 0 radical (unpaired) electrons. The smallest absolute Gasteiger partial charge is 0.184 e. The van der Waals surface area contributed by atoms with Crippen LogP contribution in [0, 0.1) is 5.92 Å². The first-order valence-corrected chi connectivity index (χ1v) is 6.73. The summed E-state index contributed by atoms with van der Waals surface area (Å²) in [5.74, 6) is 1.12. The first kappa shape index (κ1) is 12.9. The number of benzene rings is 1. The molecule has 0 bridgehead atoms. The maximum absolute atomic E-state index is 6.00. The topological polar surface area (TPSA) is 105 Å². The Morgan fingerprint density at radius 2 is 2.25 bits per heavy atom. The van der Waals surface area contributed by atoms with Gasteiger partial charge in [0.15, 0.2) is 5.82 Å². The molecule has 4 N–H and O–H groups in total. The van der Waals surface area contributed by atoms with E-state index in [0.29, 0.717) is 23.1 Å². The molecule has 20 heavy (non-hydrogen) atoms. The molecule has 1 aromatic carbocycles. The van der Waals surface area contributed by atoms with Gasteiger partial charge < -0.3 is 16.2 Å². The number of hydrogen-bond acceptors (Lipinski definition) is 6. The average Bonchev–Trinajstić information content (AvgIpc) is 2.88. The summed E-state index contributed by atoms with van der Waals surface area (Å²) in [5.41, 5.74) is 13.7. The molecule has 1 aromatic heterocycles. The SMILES string of the molecule is Nc1ccc(-c2nnnn2CC2CCCOC2)c(N)c1. The largest absolute Gasteiger partial charge is 0.399 e. The predicted octanol–water partition coefficient (Wildman–Crippen LogP) is 0.931. The highest BCUT2D eigenvalue weighted by Crippen LogP contribution is 2.26. The molecule has 3 rings (SSSR count). The van der Waals surface area contributed by atoms with Crippen LogP contribution in [0.15, 0.2) is 18.2 Å². The van der Waals surface area contributed by atoms with Gasteiger partial charge in [-0.05, 0) is 41.5 Å². The third kappa shape index (κ3) is 2.57. The molecule has 0 aliphatic carbocycles. The van der Waals surface area contributed by atoms with E-state index in [4.69, 9.17) is 16.2 Å². The van der Waals surface area contributed by atoms with Crippen LogP contribution in [0.2, 0.25) is 0 Å². The van der Waals surface area contributed by atoms with Crippen LogP contribution in [0.25, 0.3) is 11.4 Å². The summed E-state index contributed by atoms with van der Waals surface area (Å²) in [5, 5.41) is 11.9. The molecule has 1 aliphatic heterocycles. The third-order valence-electron chi connectivity index (χ3n) is 3.53. The molecule has 1 saturated heterocycles. The van der Waals surface area contributed by atoms with Gasteiger partial charge in [0, 0.05) is 29.5 Å². The summed E-state index contributed by atoms with van der Waals surface area (Å²) < 4.78 is 7.29. The summed E-state index contributed by atoms with van der Waals surface area (Å²) in [6.07, 6.45) is 2.22. The van der Waals surface area contributed by atoms with Gasteiger partial charge in [0.25, 0.3) is 0 Å². The second-order valence-corrected chi connectivity index (χ2v) is 5.11. The normalized spacial score (nSPS) is 19.1. The minimum atomic E-state index is 0.445. The molecule has 106 valence electrons. The van der Waals surface area contributed by atoms with E-state index in [0.717, 1.165) is 38.2 Å². The Labute approximate surface area is 116 Å². The molecular weight excluding hydrogens is 256 g/mol. The Morgan fingerprint density at radius 3 is 3.00 bits per heavy atom. The quantitative estimate of drug-likeness (QED) is 0.807. The summed E-state index contributed by atoms with van der Waals surface area (Å²) in [4.78, 5) is 0. The minimum absolute atomic E-state index is 0.445. The lowest BCUT2D eigenvalue weighted by Crippen LogP contribution is -2.23. The zero-order valence-electron chi connectivity index (χ0n) is 11.2. The zero-order valence-corrected chi connectivity index (χ0v) is 11.2. The van der Waals surface area contributed by atoms with Gasteiger partial charge in [-0.2, -0.15) is 0 Å². The molecular formula is C13H18N6O. The molecule has 1 atom stereocenters. The lowest BCUT2D eigenvalue weighted by Gasteiger charge is -2.22. The van der Waals surface area contributed by atoms with Gasteiger partial charge in [-0.25, -0.2) is 4.68 Å². The second kappa shape index (κ2) is 5.46. The maximum atomic E-state index is 6.00. The average molecular weight is 274 g/mol. The monoisotopic (exact) mass is 274 g/mol. The van der Waals surface area contributed by atoms with Crippen molar-refractivity contribution in [3.05, 3.63) is 18.2 Å². The first-order valence-electron chi connectivity index (χ1n) is 6.73. The summed E-state index contributed by atoms with van der Waals surface area (Å²) in [6, 6.07) is 5.37. The number of hydrogen-bond donors (Lipinski definition) is 2. The number of nitrogen functional groups attached to an aromatic ring is 2. The zero-order chi connectivity index (χ0) is 13.9. The fourth-order valence-electron chi connectivity index (χ4n) is 2.50. The van der Waals surface area contributed by atoms with E-state index < -0.39 is 0 Å². The lowest BCUT2D eigenvalue weighted by atomic mass is 10.0. The van der Waals surface area contributed by atoms with Crippen LogP contribution in [0.1, 0.15) is 12.8 Å². The predicted molar refractivity (Wildman–Crippen MR) is 75.6 cm³/mol. The highest BCUT2D eigenvalue weighted by Gasteiger charge is 2.19. The number of rotatable bonds is 3. The summed E-state index contributed by atoms with van der Waals surface area (Å²) in [6.45, 7) is 2.35. The molecule has 0 amide bonds. The van der Waals surface area contributed by atoms with Crippen LogP contribution in [0.5, 0.6) is 0 Å². The highest BCUT2D eigenvalue weighted by atomic mass is 16.5. The molecule has 1 aliphatic rings. The summed E-state index contributed by atoms with van der Waals surface area (Å²) in [7, 11) is 0. The minimum Gasteiger partial charge on any atom is -0.399 e. The van der Waals surface area contributed by atoms with Crippen LogP contribution < -0.4 is 11.5 Å². The Bertz CT molecular complexity index is 590. The molecule has 2 heterocycles. The molecule has 7 heteroatoms.